The average molecular weight is 345 g/mol. The molecule has 1 N–H and O–H groups in total. The zero-order valence-electron chi connectivity index (χ0n) is 14.2. The number of hydrogen-bond acceptors (Lipinski definition) is 5. The summed E-state index contributed by atoms with van der Waals surface area (Å²) in [7, 11) is 2.20. The third-order valence-corrected chi connectivity index (χ3v) is 6.29. The van der Waals surface area contributed by atoms with E-state index in [2.05, 4.69) is 26.9 Å². The molecule has 2 fully saturated rings. The highest BCUT2D eigenvalue weighted by atomic mass is 32.1. The number of carbonyl (C=O) groups is 1. The smallest absolute Gasteiger partial charge is 0.271 e. The first-order chi connectivity index (χ1) is 11.6. The van der Waals surface area contributed by atoms with Gasteiger partial charge in [-0.2, -0.15) is 0 Å². The molecule has 1 atom stereocenters. The predicted molar refractivity (Wildman–Crippen MR) is 92.9 cm³/mol. The molecule has 0 aromatic carbocycles. The normalized spacial score (nSPS) is 22.3. The number of carbonyl (C=O) groups excluding carboxylic acids is 1. The SMILES string of the molecule is Cc1ncc(C(=O)N2CCC3(CC2)C[C@H]3N(C)Cc2nccs2)[nH]1. The van der Waals surface area contributed by atoms with E-state index in [1.807, 2.05) is 23.4 Å². The van der Waals surface area contributed by atoms with Gasteiger partial charge in [-0.3, -0.25) is 9.69 Å². The number of H-pyrrole nitrogens is 1. The van der Waals surface area contributed by atoms with Gasteiger partial charge in [-0.25, -0.2) is 9.97 Å². The van der Waals surface area contributed by atoms with Crippen molar-refractivity contribution in [2.45, 2.75) is 38.8 Å². The van der Waals surface area contributed by atoms with Gasteiger partial charge in [-0.15, -0.1) is 11.3 Å². The molecule has 6 nitrogen and oxygen atoms in total. The summed E-state index contributed by atoms with van der Waals surface area (Å²) in [4.78, 5) is 28.5. The van der Waals surface area contributed by atoms with Crippen molar-refractivity contribution in [1.29, 1.82) is 0 Å². The standard InChI is InChI=1S/C17H23N5OS/c1-12-19-10-13(20-12)16(23)22-6-3-17(4-7-22)9-14(17)21(2)11-15-18-5-8-24-15/h5,8,10,14H,3-4,6-7,9,11H2,1-2H3,(H,19,20)/t14-/m1/s1. The molecule has 0 bridgehead atoms. The highest BCUT2D eigenvalue weighted by Crippen LogP contribution is 2.56. The van der Waals surface area contributed by atoms with E-state index in [-0.39, 0.29) is 5.91 Å². The van der Waals surface area contributed by atoms with Crippen molar-refractivity contribution >= 4 is 17.2 Å². The number of rotatable bonds is 4. The minimum atomic E-state index is 0.0822. The van der Waals surface area contributed by atoms with Crippen LogP contribution in [0.3, 0.4) is 0 Å². The number of nitrogens with one attached hydrogen (secondary N) is 1. The van der Waals surface area contributed by atoms with Crippen LogP contribution in [0.5, 0.6) is 0 Å². The highest BCUT2D eigenvalue weighted by Gasteiger charge is 2.56. The van der Waals surface area contributed by atoms with Crippen molar-refractivity contribution in [2.24, 2.45) is 5.41 Å². The number of thiazole rings is 1. The van der Waals surface area contributed by atoms with Crippen LogP contribution in [0.15, 0.2) is 17.8 Å². The summed E-state index contributed by atoms with van der Waals surface area (Å²) < 4.78 is 0. The maximum Gasteiger partial charge on any atom is 0.271 e. The van der Waals surface area contributed by atoms with Crippen LogP contribution in [0.25, 0.3) is 0 Å². The molecule has 0 radical (unpaired) electrons. The van der Waals surface area contributed by atoms with Crippen molar-refractivity contribution in [2.75, 3.05) is 20.1 Å². The van der Waals surface area contributed by atoms with Crippen LogP contribution in [0.2, 0.25) is 0 Å². The number of piperidine rings is 1. The number of aromatic nitrogens is 3. The fourth-order valence-electron chi connectivity index (χ4n) is 4.00. The van der Waals surface area contributed by atoms with Gasteiger partial charge < -0.3 is 9.88 Å². The molecule has 4 rings (SSSR count). The van der Waals surface area contributed by atoms with E-state index in [0.29, 0.717) is 17.2 Å². The average Bonchev–Trinajstić information content (AvgIpc) is 2.95. The molecule has 1 spiro atoms. The van der Waals surface area contributed by atoms with Gasteiger partial charge in [0.25, 0.3) is 5.91 Å². The molecule has 7 heteroatoms. The Balaban J connectivity index is 1.33. The summed E-state index contributed by atoms with van der Waals surface area (Å²) in [5.74, 6) is 0.872. The third-order valence-electron chi connectivity index (χ3n) is 5.53. The maximum atomic E-state index is 12.5. The maximum absolute atomic E-state index is 12.5. The highest BCUT2D eigenvalue weighted by molar-refractivity contribution is 7.09. The zero-order chi connectivity index (χ0) is 16.7. The predicted octanol–water partition coefficient (Wildman–Crippen LogP) is 2.30. The van der Waals surface area contributed by atoms with Crippen LogP contribution in [-0.2, 0) is 6.54 Å². The van der Waals surface area contributed by atoms with Crippen molar-refractivity contribution in [3.63, 3.8) is 0 Å². The zero-order valence-corrected chi connectivity index (χ0v) is 15.0. The molecule has 1 amide bonds. The number of hydrogen-bond donors (Lipinski definition) is 1. The van der Waals surface area contributed by atoms with Crippen molar-refractivity contribution in [3.8, 4) is 0 Å². The Bertz CT molecular complexity index is 717. The van der Waals surface area contributed by atoms with E-state index < -0.39 is 0 Å². The summed E-state index contributed by atoms with van der Waals surface area (Å²) in [5, 5.41) is 3.22. The lowest BCUT2D eigenvalue weighted by atomic mass is 9.92. The first-order valence-electron chi connectivity index (χ1n) is 8.47. The van der Waals surface area contributed by atoms with Gasteiger partial charge in [-0.05, 0) is 38.6 Å². The van der Waals surface area contributed by atoms with Gasteiger partial charge in [0, 0.05) is 30.7 Å². The fraction of sp³-hybridized carbons (Fsp3) is 0.588. The van der Waals surface area contributed by atoms with E-state index in [0.717, 1.165) is 38.3 Å². The minimum absolute atomic E-state index is 0.0822. The Labute approximate surface area is 145 Å². The second-order valence-corrected chi connectivity index (χ2v) is 8.08. The van der Waals surface area contributed by atoms with Gasteiger partial charge >= 0.3 is 0 Å². The number of amides is 1. The summed E-state index contributed by atoms with van der Waals surface area (Å²) in [5.41, 5.74) is 1.02. The van der Waals surface area contributed by atoms with Crippen LogP contribution >= 0.6 is 11.3 Å². The van der Waals surface area contributed by atoms with Crippen molar-refractivity contribution < 1.29 is 4.79 Å². The summed E-state index contributed by atoms with van der Waals surface area (Å²) in [6, 6.07) is 0.632. The summed E-state index contributed by atoms with van der Waals surface area (Å²) in [6.07, 6.45) is 6.96. The Kier molecular flexibility index (Phi) is 3.92. The first kappa shape index (κ1) is 15.8. The van der Waals surface area contributed by atoms with Gasteiger partial charge in [0.2, 0.25) is 0 Å². The Morgan fingerprint density at radius 2 is 2.25 bits per heavy atom. The van der Waals surface area contributed by atoms with Crippen LogP contribution in [0, 0.1) is 12.3 Å². The number of nitrogens with zero attached hydrogens (tertiary/aromatic N) is 4. The quantitative estimate of drug-likeness (QED) is 0.923. The lowest BCUT2D eigenvalue weighted by Crippen LogP contribution is -2.41. The molecule has 128 valence electrons. The lowest BCUT2D eigenvalue weighted by Gasteiger charge is -2.33. The van der Waals surface area contributed by atoms with Gasteiger partial charge in [-0.1, -0.05) is 0 Å². The molecule has 2 aromatic heterocycles. The van der Waals surface area contributed by atoms with E-state index in [4.69, 9.17) is 0 Å². The molecule has 1 saturated heterocycles. The molecule has 0 unspecified atom stereocenters. The van der Waals surface area contributed by atoms with Gasteiger partial charge in [0.05, 0.1) is 12.7 Å². The second-order valence-electron chi connectivity index (χ2n) is 7.10. The molecule has 1 aliphatic carbocycles. The topological polar surface area (TPSA) is 65.1 Å². The molecule has 1 saturated carbocycles. The van der Waals surface area contributed by atoms with Crippen LogP contribution in [0.4, 0.5) is 0 Å². The van der Waals surface area contributed by atoms with Crippen molar-refractivity contribution in [3.05, 3.63) is 34.3 Å². The number of imidazole rings is 1. The second kappa shape index (κ2) is 5.97. The van der Waals surface area contributed by atoms with E-state index in [9.17, 15) is 4.79 Å². The third kappa shape index (κ3) is 2.86. The summed E-state index contributed by atoms with van der Waals surface area (Å²) >= 11 is 1.72. The Morgan fingerprint density at radius 1 is 1.46 bits per heavy atom. The lowest BCUT2D eigenvalue weighted by molar-refractivity contribution is 0.0652. The molecule has 2 aromatic rings. The number of aryl methyl sites for hydroxylation is 1. The van der Waals surface area contributed by atoms with Gasteiger partial charge in [0.1, 0.15) is 16.5 Å². The van der Waals surface area contributed by atoms with E-state index in [1.54, 1.807) is 17.5 Å². The monoisotopic (exact) mass is 345 g/mol. The fourth-order valence-corrected chi connectivity index (χ4v) is 4.68. The number of likely N-dealkylation sites (tertiary alicyclic amines) is 1. The largest absolute Gasteiger partial charge is 0.338 e. The molecule has 1 aliphatic heterocycles. The molecular weight excluding hydrogens is 322 g/mol. The minimum Gasteiger partial charge on any atom is -0.338 e. The molecule has 2 aliphatic rings. The van der Waals surface area contributed by atoms with E-state index >= 15 is 0 Å². The first-order valence-corrected chi connectivity index (χ1v) is 9.35. The molecule has 3 heterocycles. The van der Waals surface area contributed by atoms with Crippen molar-refractivity contribution in [1.82, 2.24) is 24.8 Å². The van der Waals surface area contributed by atoms with Crippen LogP contribution < -0.4 is 0 Å². The van der Waals surface area contributed by atoms with Crippen LogP contribution in [0.1, 0.15) is 40.6 Å². The molecule has 24 heavy (non-hydrogen) atoms. The Morgan fingerprint density at radius 3 is 2.88 bits per heavy atom. The van der Waals surface area contributed by atoms with E-state index in [1.165, 1.54) is 11.4 Å². The summed E-state index contributed by atoms with van der Waals surface area (Å²) in [6.45, 7) is 4.49. The van der Waals surface area contributed by atoms with Crippen LogP contribution in [-0.4, -0.2) is 56.8 Å². The Hall–Kier alpha value is -1.73. The van der Waals surface area contributed by atoms with Gasteiger partial charge in [0.15, 0.2) is 0 Å². The number of aromatic amines is 1. The molecular formula is C17H23N5OS.